The van der Waals surface area contributed by atoms with Gasteiger partial charge in [-0.3, -0.25) is 9.69 Å². The van der Waals surface area contributed by atoms with E-state index in [0.29, 0.717) is 12.5 Å². The molecule has 0 amide bonds. The van der Waals surface area contributed by atoms with Crippen LogP contribution in [-0.4, -0.2) is 55.7 Å². The second-order valence-electron chi connectivity index (χ2n) is 9.93. The van der Waals surface area contributed by atoms with E-state index in [-0.39, 0.29) is 11.7 Å². The quantitative estimate of drug-likeness (QED) is 0.781. The SMILES string of the molecule is COc1ccc2c3c1O[C@H]1C(=O)C[C@@H](C)[C@@]4(OC)[C@@H](C2)N(CC2CCC2)CC[C@]314. The highest BCUT2D eigenvalue weighted by Crippen LogP contribution is 2.67. The third kappa shape index (κ3) is 1.97. The summed E-state index contributed by atoms with van der Waals surface area (Å²) in [7, 11) is 3.55. The zero-order chi connectivity index (χ0) is 20.0. The highest BCUT2D eigenvalue weighted by molar-refractivity contribution is 5.90. The number of nitrogens with zero attached hydrogens (tertiary/aromatic N) is 1. The van der Waals surface area contributed by atoms with Crippen molar-refractivity contribution in [3.05, 3.63) is 23.3 Å². The summed E-state index contributed by atoms with van der Waals surface area (Å²) in [5, 5.41) is 0. The van der Waals surface area contributed by atoms with E-state index in [1.807, 2.05) is 13.2 Å². The predicted molar refractivity (Wildman–Crippen MR) is 109 cm³/mol. The minimum Gasteiger partial charge on any atom is -0.493 e. The Labute approximate surface area is 172 Å². The van der Waals surface area contributed by atoms with Gasteiger partial charge < -0.3 is 14.2 Å². The van der Waals surface area contributed by atoms with Gasteiger partial charge in [-0.15, -0.1) is 0 Å². The van der Waals surface area contributed by atoms with E-state index in [1.165, 1.54) is 30.4 Å². The first-order chi connectivity index (χ1) is 14.1. The Kier molecular flexibility index (Phi) is 3.75. The molecule has 1 aromatic carbocycles. The molecule has 2 bridgehead atoms. The van der Waals surface area contributed by atoms with Gasteiger partial charge in [0.15, 0.2) is 23.4 Å². The number of hydrogen-bond acceptors (Lipinski definition) is 5. The van der Waals surface area contributed by atoms with Crippen molar-refractivity contribution >= 4 is 5.78 Å². The molecule has 156 valence electrons. The molecule has 6 rings (SSSR count). The second kappa shape index (κ2) is 5.98. The number of carbonyl (C=O) groups is 1. The van der Waals surface area contributed by atoms with Crippen molar-refractivity contribution in [2.45, 2.75) is 68.6 Å². The summed E-state index contributed by atoms with van der Waals surface area (Å²) in [5.74, 6) is 2.75. The smallest absolute Gasteiger partial charge is 0.174 e. The third-order valence-corrected chi connectivity index (χ3v) is 8.98. The lowest BCUT2D eigenvalue weighted by molar-refractivity contribution is -0.224. The fourth-order valence-electron chi connectivity index (χ4n) is 7.69. The summed E-state index contributed by atoms with van der Waals surface area (Å²) in [4.78, 5) is 16.0. The Balaban J connectivity index is 1.58. The van der Waals surface area contributed by atoms with Crippen molar-refractivity contribution in [1.29, 1.82) is 0 Å². The van der Waals surface area contributed by atoms with E-state index in [1.54, 1.807) is 7.11 Å². The zero-order valence-electron chi connectivity index (χ0n) is 17.7. The number of likely N-dealkylation sites (tertiary alicyclic amines) is 1. The summed E-state index contributed by atoms with van der Waals surface area (Å²) in [6.45, 7) is 4.40. The molecule has 1 saturated heterocycles. The van der Waals surface area contributed by atoms with Gasteiger partial charge in [-0.1, -0.05) is 19.4 Å². The average molecular weight is 398 g/mol. The molecule has 5 aliphatic rings. The Morgan fingerprint density at radius 1 is 1.24 bits per heavy atom. The number of Topliss-reactive ketones (excluding diaryl/α,β-unsaturated/α-hetero) is 1. The fraction of sp³-hybridized carbons (Fsp3) is 0.708. The van der Waals surface area contributed by atoms with Crippen LogP contribution in [0.15, 0.2) is 12.1 Å². The third-order valence-electron chi connectivity index (χ3n) is 8.98. The van der Waals surface area contributed by atoms with Crippen molar-refractivity contribution in [1.82, 2.24) is 4.90 Å². The minimum absolute atomic E-state index is 0.166. The van der Waals surface area contributed by atoms with Gasteiger partial charge in [0.2, 0.25) is 0 Å². The summed E-state index contributed by atoms with van der Waals surface area (Å²) in [6, 6.07) is 4.51. The molecule has 2 heterocycles. The normalized spacial score (nSPS) is 40.2. The van der Waals surface area contributed by atoms with E-state index < -0.39 is 17.1 Å². The number of methoxy groups -OCH3 is 2. The van der Waals surface area contributed by atoms with Gasteiger partial charge in [0.25, 0.3) is 0 Å². The molecule has 29 heavy (non-hydrogen) atoms. The van der Waals surface area contributed by atoms with Gasteiger partial charge in [-0.2, -0.15) is 0 Å². The summed E-state index contributed by atoms with van der Waals surface area (Å²) in [5.41, 5.74) is 1.75. The van der Waals surface area contributed by atoms with Gasteiger partial charge in [0.05, 0.1) is 12.5 Å². The van der Waals surface area contributed by atoms with Crippen LogP contribution in [0.3, 0.4) is 0 Å². The molecule has 0 unspecified atom stereocenters. The van der Waals surface area contributed by atoms with Gasteiger partial charge >= 0.3 is 0 Å². The van der Waals surface area contributed by atoms with Crippen LogP contribution in [0.1, 0.15) is 50.2 Å². The van der Waals surface area contributed by atoms with E-state index in [2.05, 4.69) is 17.9 Å². The standard InChI is InChI=1S/C24H31NO4/c1-14-11-17(26)22-23-9-10-25(13-15-5-4-6-15)19(24(14,23)28-3)12-16-7-8-18(27-2)21(29-22)20(16)23/h7-8,14-15,19,22H,4-6,9-13H2,1-3H3/t14-,19-,22+,23+,24-/m1/s1. The maximum Gasteiger partial charge on any atom is 0.174 e. The van der Waals surface area contributed by atoms with Crippen molar-refractivity contribution in [2.75, 3.05) is 27.3 Å². The molecule has 5 nitrogen and oxygen atoms in total. The zero-order valence-corrected chi connectivity index (χ0v) is 17.7. The van der Waals surface area contributed by atoms with E-state index >= 15 is 0 Å². The molecule has 1 spiro atoms. The Bertz CT molecular complexity index is 880. The number of piperidine rings is 1. The molecule has 0 N–H and O–H groups in total. The maximum atomic E-state index is 13.3. The predicted octanol–water partition coefficient (Wildman–Crippen LogP) is 3.12. The van der Waals surface area contributed by atoms with Crippen molar-refractivity contribution in [2.24, 2.45) is 11.8 Å². The van der Waals surface area contributed by atoms with Crippen LogP contribution in [0.4, 0.5) is 0 Å². The van der Waals surface area contributed by atoms with Crippen LogP contribution < -0.4 is 9.47 Å². The van der Waals surface area contributed by atoms with Crippen LogP contribution in [0, 0.1) is 11.8 Å². The van der Waals surface area contributed by atoms with E-state index in [9.17, 15) is 4.79 Å². The highest BCUT2D eigenvalue weighted by Gasteiger charge is 2.76. The molecular weight excluding hydrogens is 366 g/mol. The van der Waals surface area contributed by atoms with E-state index in [4.69, 9.17) is 14.2 Å². The van der Waals surface area contributed by atoms with E-state index in [0.717, 1.165) is 43.3 Å². The van der Waals surface area contributed by atoms with Crippen LogP contribution >= 0.6 is 0 Å². The van der Waals surface area contributed by atoms with Crippen LogP contribution in [0.25, 0.3) is 0 Å². The summed E-state index contributed by atoms with van der Waals surface area (Å²) >= 11 is 0. The molecule has 1 aromatic rings. The monoisotopic (exact) mass is 397 g/mol. The minimum atomic E-state index is -0.447. The lowest BCUT2D eigenvalue weighted by Gasteiger charge is -2.66. The Morgan fingerprint density at radius 2 is 2.07 bits per heavy atom. The highest BCUT2D eigenvalue weighted by atomic mass is 16.5. The number of rotatable bonds is 4. The largest absolute Gasteiger partial charge is 0.493 e. The first-order valence-corrected chi connectivity index (χ1v) is 11.3. The van der Waals surface area contributed by atoms with Crippen LogP contribution in [0.5, 0.6) is 11.5 Å². The van der Waals surface area contributed by atoms with Crippen molar-refractivity contribution in [3.8, 4) is 11.5 Å². The molecule has 2 saturated carbocycles. The number of ether oxygens (including phenoxy) is 3. The maximum absolute atomic E-state index is 13.3. The molecule has 3 fully saturated rings. The van der Waals surface area contributed by atoms with Gasteiger partial charge in [-0.25, -0.2) is 0 Å². The van der Waals surface area contributed by atoms with Gasteiger partial charge in [0.1, 0.15) is 5.60 Å². The van der Waals surface area contributed by atoms with Crippen molar-refractivity contribution in [3.63, 3.8) is 0 Å². The second-order valence-corrected chi connectivity index (χ2v) is 9.93. The van der Waals surface area contributed by atoms with Crippen molar-refractivity contribution < 1.29 is 19.0 Å². The number of hydrogen-bond donors (Lipinski definition) is 0. The first kappa shape index (κ1) is 18.2. The number of ketones is 1. The summed E-state index contributed by atoms with van der Waals surface area (Å²) in [6.07, 6.45) is 6.03. The number of benzene rings is 1. The Hall–Kier alpha value is -1.59. The lowest BCUT2D eigenvalue weighted by atomic mass is 9.46. The van der Waals surface area contributed by atoms with Gasteiger partial charge in [0, 0.05) is 31.7 Å². The molecule has 3 aliphatic carbocycles. The molecule has 5 atom stereocenters. The fourth-order valence-corrected chi connectivity index (χ4v) is 7.69. The lowest BCUT2D eigenvalue weighted by Crippen LogP contribution is -2.79. The number of carbonyl (C=O) groups excluding carboxylic acids is 1. The average Bonchev–Trinajstić information content (AvgIpc) is 3.03. The molecule has 2 aliphatic heterocycles. The van der Waals surface area contributed by atoms with Crippen LogP contribution in [0.2, 0.25) is 0 Å². The molecule has 5 heteroatoms. The van der Waals surface area contributed by atoms with Gasteiger partial charge in [-0.05, 0) is 55.7 Å². The topological polar surface area (TPSA) is 48.0 Å². The summed E-state index contributed by atoms with van der Waals surface area (Å²) < 4.78 is 18.7. The molecular formula is C24H31NO4. The Morgan fingerprint density at radius 3 is 2.76 bits per heavy atom. The molecule has 0 radical (unpaired) electrons. The molecule has 0 aromatic heterocycles. The van der Waals surface area contributed by atoms with Crippen LogP contribution in [-0.2, 0) is 21.4 Å². The first-order valence-electron chi connectivity index (χ1n) is 11.3.